The van der Waals surface area contributed by atoms with E-state index in [1.165, 1.54) is 30.4 Å². The Balaban J connectivity index is 1.94. The van der Waals surface area contributed by atoms with E-state index >= 15 is 0 Å². The average molecular weight is 244 g/mol. The van der Waals surface area contributed by atoms with Crippen LogP contribution in [0.4, 0.5) is 0 Å². The highest BCUT2D eigenvalue weighted by atomic mass is 16.1. The Morgan fingerprint density at radius 3 is 2.28 bits per heavy atom. The molecule has 18 heavy (non-hydrogen) atoms. The van der Waals surface area contributed by atoms with Gasteiger partial charge in [-0.25, -0.2) is 0 Å². The molecule has 0 bridgehead atoms. The Hall–Kier alpha value is -1.11. The number of carbonyl (C=O) groups excluding carboxylic acids is 1. The molecule has 0 heterocycles. The minimum atomic E-state index is 0.337. The second-order valence-electron chi connectivity index (χ2n) is 5.87. The highest BCUT2D eigenvalue weighted by molar-refractivity contribution is 5.83. The van der Waals surface area contributed by atoms with E-state index in [-0.39, 0.29) is 0 Å². The van der Waals surface area contributed by atoms with E-state index in [1.54, 1.807) is 0 Å². The number of hydrogen-bond acceptors (Lipinski definition) is 1. The number of hydrogen-bond donors (Lipinski definition) is 0. The van der Waals surface area contributed by atoms with E-state index in [2.05, 4.69) is 38.1 Å². The van der Waals surface area contributed by atoms with Gasteiger partial charge in [0.05, 0.1) is 0 Å². The minimum Gasteiger partial charge on any atom is -0.299 e. The van der Waals surface area contributed by atoms with Crippen molar-refractivity contribution in [2.24, 2.45) is 5.92 Å². The van der Waals surface area contributed by atoms with Gasteiger partial charge in [0, 0.05) is 12.3 Å². The molecule has 0 unspecified atom stereocenters. The normalized spacial score (nSPS) is 17.1. The Bertz CT molecular complexity index is 383. The molecule has 1 saturated carbocycles. The van der Waals surface area contributed by atoms with Crippen molar-refractivity contribution in [3.05, 3.63) is 35.4 Å². The number of Topliss-reactive ketones (excluding diaryl/α,β-unsaturated/α-hetero) is 1. The minimum absolute atomic E-state index is 0.337. The summed E-state index contributed by atoms with van der Waals surface area (Å²) in [6, 6.07) is 8.56. The van der Waals surface area contributed by atoms with Gasteiger partial charge in [-0.1, -0.05) is 57.4 Å². The van der Waals surface area contributed by atoms with Crippen LogP contribution in [0.3, 0.4) is 0 Å². The van der Waals surface area contributed by atoms with E-state index < -0.39 is 0 Å². The smallest absolute Gasteiger partial charge is 0.140 e. The third kappa shape index (κ3) is 3.44. The summed E-state index contributed by atoms with van der Waals surface area (Å²) in [7, 11) is 0. The van der Waals surface area contributed by atoms with Crippen LogP contribution in [0.1, 0.15) is 63.0 Å². The summed E-state index contributed by atoms with van der Waals surface area (Å²) in [6.07, 6.45) is 6.65. The van der Waals surface area contributed by atoms with E-state index in [0.29, 0.717) is 24.0 Å². The second-order valence-corrected chi connectivity index (χ2v) is 5.87. The molecular formula is C17H24O. The standard InChI is InChI=1S/C17H24O/c1-13(2)15-10-8-14(9-11-15)12-17(18)16-6-4-3-5-7-16/h8-11,13,16H,3-7,12H2,1-2H3. The van der Waals surface area contributed by atoms with Gasteiger partial charge >= 0.3 is 0 Å². The molecule has 1 fully saturated rings. The van der Waals surface area contributed by atoms with Crippen molar-refractivity contribution in [1.82, 2.24) is 0 Å². The molecular weight excluding hydrogens is 220 g/mol. The molecule has 0 atom stereocenters. The Kier molecular flexibility index (Phi) is 4.57. The lowest BCUT2D eigenvalue weighted by Gasteiger charge is -2.20. The van der Waals surface area contributed by atoms with Gasteiger partial charge in [0.15, 0.2) is 0 Å². The first-order valence-electron chi connectivity index (χ1n) is 7.28. The molecule has 1 aromatic rings. The predicted octanol–water partition coefficient (Wildman–Crippen LogP) is 4.50. The Morgan fingerprint density at radius 1 is 1.11 bits per heavy atom. The van der Waals surface area contributed by atoms with Crippen LogP contribution in [0.2, 0.25) is 0 Å². The van der Waals surface area contributed by atoms with E-state index in [1.807, 2.05) is 0 Å². The number of rotatable bonds is 4. The van der Waals surface area contributed by atoms with Gasteiger partial charge in [-0.3, -0.25) is 4.79 Å². The molecule has 0 aromatic heterocycles. The summed E-state index contributed by atoms with van der Waals surface area (Å²) in [5, 5.41) is 0. The fraction of sp³-hybridized carbons (Fsp3) is 0.588. The Morgan fingerprint density at radius 2 is 1.72 bits per heavy atom. The van der Waals surface area contributed by atoms with Crippen molar-refractivity contribution in [1.29, 1.82) is 0 Å². The highest BCUT2D eigenvalue weighted by Gasteiger charge is 2.20. The van der Waals surface area contributed by atoms with E-state index in [4.69, 9.17) is 0 Å². The maximum Gasteiger partial charge on any atom is 0.140 e. The average Bonchev–Trinajstić information content (AvgIpc) is 2.40. The first-order chi connectivity index (χ1) is 8.66. The summed E-state index contributed by atoms with van der Waals surface area (Å²) in [5.41, 5.74) is 2.53. The zero-order chi connectivity index (χ0) is 13.0. The van der Waals surface area contributed by atoms with Crippen LogP contribution in [0.5, 0.6) is 0 Å². The van der Waals surface area contributed by atoms with Gasteiger partial charge in [0.2, 0.25) is 0 Å². The molecule has 0 amide bonds. The van der Waals surface area contributed by atoms with Gasteiger partial charge in [-0.15, -0.1) is 0 Å². The molecule has 0 aliphatic heterocycles. The topological polar surface area (TPSA) is 17.1 Å². The largest absolute Gasteiger partial charge is 0.299 e. The van der Waals surface area contributed by atoms with Crippen molar-refractivity contribution < 1.29 is 4.79 Å². The summed E-state index contributed by atoms with van der Waals surface area (Å²) in [5.74, 6) is 1.35. The lowest BCUT2D eigenvalue weighted by atomic mass is 9.84. The molecule has 1 heteroatoms. The van der Waals surface area contributed by atoms with Crippen LogP contribution in [0.25, 0.3) is 0 Å². The number of ketones is 1. The number of benzene rings is 1. The van der Waals surface area contributed by atoms with Crippen molar-refractivity contribution >= 4 is 5.78 Å². The molecule has 0 radical (unpaired) electrons. The lowest BCUT2D eigenvalue weighted by Crippen LogP contribution is -2.19. The second kappa shape index (κ2) is 6.17. The van der Waals surface area contributed by atoms with Crippen LogP contribution in [0.15, 0.2) is 24.3 Å². The third-order valence-corrected chi connectivity index (χ3v) is 4.09. The third-order valence-electron chi connectivity index (χ3n) is 4.09. The summed E-state index contributed by atoms with van der Waals surface area (Å²) < 4.78 is 0. The first kappa shape index (κ1) is 13.3. The quantitative estimate of drug-likeness (QED) is 0.762. The van der Waals surface area contributed by atoms with Gasteiger partial charge in [-0.05, 0) is 29.9 Å². The maximum atomic E-state index is 12.2. The van der Waals surface area contributed by atoms with Crippen molar-refractivity contribution in [3.63, 3.8) is 0 Å². The van der Waals surface area contributed by atoms with Crippen LogP contribution in [-0.2, 0) is 11.2 Å². The van der Waals surface area contributed by atoms with E-state index in [0.717, 1.165) is 12.8 Å². The monoisotopic (exact) mass is 244 g/mol. The summed E-state index contributed by atoms with van der Waals surface area (Å²) in [6.45, 7) is 4.39. The molecule has 0 spiro atoms. The first-order valence-corrected chi connectivity index (χ1v) is 7.28. The fourth-order valence-corrected chi connectivity index (χ4v) is 2.79. The molecule has 1 nitrogen and oxygen atoms in total. The molecule has 0 saturated heterocycles. The van der Waals surface area contributed by atoms with Crippen LogP contribution in [-0.4, -0.2) is 5.78 Å². The van der Waals surface area contributed by atoms with Crippen molar-refractivity contribution in [2.45, 2.75) is 58.3 Å². The highest BCUT2D eigenvalue weighted by Crippen LogP contribution is 2.25. The summed E-state index contributed by atoms with van der Waals surface area (Å²) >= 11 is 0. The molecule has 1 aliphatic carbocycles. The molecule has 98 valence electrons. The zero-order valence-electron chi connectivity index (χ0n) is 11.6. The van der Waals surface area contributed by atoms with Crippen LogP contribution < -0.4 is 0 Å². The Labute approximate surface area is 111 Å². The lowest BCUT2D eigenvalue weighted by molar-refractivity contribution is -0.123. The van der Waals surface area contributed by atoms with Gasteiger partial charge in [0.1, 0.15) is 5.78 Å². The number of carbonyl (C=O) groups is 1. The van der Waals surface area contributed by atoms with Gasteiger partial charge in [0.25, 0.3) is 0 Å². The van der Waals surface area contributed by atoms with Crippen LogP contribution >= 0.6 is 0 Å². The molecule has 1 aromatic carbocycles. The SMILES string of the molecule is CC(C)c1ccc(CC(=O)C2CCCCC2)cc1. The van der Waals surface area contributed by atoms with Gasteiger partial charge in [-0.2, -0.15) is 0 Å². The predicted molar refractivity (Wildman–Crippen MR) is 75.8 cm³/mol. The van der Waals surface area contributed by atoms with Gasteiger partial charge < -0.3 is 0 Å². The van der Waals surface area contributed by atoms with Crippen molar-refractivity contribution in [3.8, 4) is 0 Å². The van der Waals surface area contributed by atoms with E-state index in [9.17, 15) is 4.79 Å². The van der Waals surface area contributed by atoms with Crippen molar-refractivity contribution in [2.75, 3.05) is 0 Å². The zero-order valence-corrected chi connectivity index (χ0v) is 11.6. The fourth-order valence-electron chi connectivity index (χ4n) is 2.79. The maximum absolute atomic E-state index is 12.2. The molecule has 2 rings (SSSR count). The van der Waals surface area contributed by atoms with Crippen LogP contribution in [0, 0.1) is 5.92 Å². The summed E-state index contributed by atoms with van der Waals surface area (Å²) in [4.78, 5) is 12.2. The molecule has 0 N–H and O–H groups in total. The molecule has 1 aliphatic rings.